The Morgan fingerprint density at radius 3 is 2.21 bits per heavy atom. The van der Waals surface area contributed by atoms with Gasteiger partial charge in [-0.15, -0.1) is 0 Å². The van der Waals surface area contributed by atoms with Crippen LogP contribution in [0.2, 0.25) is 5.02 Å². The van der Waals surface area contributed by atoms with Crippen LogP contribution in [0, 0.1) is 0 Å². The molecule has 0 saturated heterocycles. The first-order valence-electron chi connectivity index (χ1n) is 6.34. The molecule has 5 heteroatoms. The predicted molar refractivity (Wildman–Crippen MR) is 81.7 cm³/mol. The highest BCUT2D eigenvalue weighted by molar-refractivity contribution is 7.90. The van der Waals surface area contributed by atoms with E-state index in [-0.39, 0.29) is 11.8 Å². The first-order valence-corrected chi connectivity index (χ1v) is 8.78. The molecule has 1 aromatic rings. The highest BCUT2D eigenvalue weighted by Gasteiger charge is 2.19. The summed E-state index contributed by atoms with van der Waals surface area (Å²) in [6.07, 6.45) is 1.27. The van der Waals surface area contributed by atoms with Crippen LogP contribution in [0.25, 0.3) is 0 Å². The van der Waals surface area contributed by atoms with Gasteiger partial charge in [-0.2, -0.15) is 0 Å². The van der Waals surface area contributed by atoms with Gasteiger partial charge in [-0.25, -0.2) is 8.42 Å². The lowest BCUT2D eigenvalue weighted by Crippen LogP contribution is -2.36. The van der Waals surface area contributed by atoms with E-state index in [4.69, 9.17) is 11.6 Å². The third-order valence-corrected chi connectivity index (χ3v) is 4.81. The van der Waals surface area contributed by atoms with Gasteiger partial charge in [0.2, 0.25) is 0 Å². The number of benzene rings is 1. The van der Waals surface area contributed by atoms with Gasteiger partial charge in [-0.3, -0.25) is 0 Å². The number of sulfone groups is 1. The minimum Gasteiger partial charge on any atom is -0.302 e. The van der Waals surface area contributed by atoms with Crippen LogP contribution in [0.3, 0.4) is 0 Å². The minimum absolute atomic E-state index is 0.196. The molecular formula is C14H22ClNO2S. The van der Waals surface area contributed by atoms with Crippen LogP contribution in [-0.2, 0) is 9.84 Å². The zero-order valence-electron chi connectivity index (χ0n) is 11.9. The number of hydrogen-bond donors (Lipinski definition) is 0. The van der Waals surface area contributed by atoms with E-state index in [1.807, 2.05) is 31.3 Å². The largest absolute Gasteiger partial charge is 0.302 e. The van der Waals surface area contributed by atoms with Crippen molar-refractivity contribution in [2.45, 2.75) is 25.8 Å². The van der Waals surface area contributed by atoms with Crippen LogP contribution in [0.15, 0.2) is 24.3 Å². The van der Waals surface area contributed by atoms with Gasteiger partial charge in [0, 0.05) is 23.9 Å². The molecule has 0 fully saturated rings. The summed E-state index contributed by atoms with van der Waals surface area (Å²) in [6.45, 7) is 4.81. The minimum atomic E-state index is -2.91. The van der Waals surface area contributed by atoms with Gasteiger partial charge in [0.15, 0.2) is 0 Å². The zero-order chi connectivity index (χ0) is 14.6. The average Bonchev–Trinajstić information content (AvgIpc) is 2.34. The van der Waals surface area contributed by atoms with E-state index in [0.717, 1.165) is 5.02 Å². The lowest BCUT2D eigenvalue weighted by molar-refractivity contribution is 0.244. The third-order valence-electron chi connectivity index (χ3n) is 3.63. The van der Waals surface area contributed by atoms with Crippen molar-refractivity contribution in [2.75, 3.05) is 25.6 Å². The number of hydrogen-bond acceptors (Lipinski definition) is 3. The normalized spacial score (nSPS) is 15.5. The lowest BCUT2D eigenvalue weighted by atomic mass is 9.93. The molecule has 1 rings (SSSR count). The molecule has 3 nitrogen and oxygen atoms in total. The predicted octanol–water partition coefficient (Wildman–Crippen LogP) is 2.81. The molecule has 0 spiro atoms. The lowest BCUT2D eigenvalue weighted by Gasteiger charge is -2.30. The van der Waals surface area contributed by atoms with E-state index in [1.165, 1.54) is 11.8 Å². The number of halogens is 1. The maximum absolute atomic E-state index is 11.2. The number of likely N-dealkylation sites (N-methyl/N-ethyl adjacent to an activating group) is 1. The first-order chi connectivity index (χ1) is 8.70. The van der Waals surface area contributed by atoms with Crippen LogP contribution < -0.4 is 0 Å². The molecule has 108 valence electrons. The fourth-order valence-corrected chi connectivity index (χ4v) is 2.69. The molecule has 0 N–H and O–H groups in total. The van der Waals surface area contributed by atoms with Crippen molar-refractivity contribution in [2.24, 2.45) is 0 Å². The Morgan fingerprint density at radius 2 is 1.74 bits per heavy atom. The van der Waals surface area contributed by atoms with Crippen LogP contribution in [-0.4, -0.2) is 45.0 Å². The summed E-state index contributed by atoms with van der Waals surface area (Å²) >= 11 is 5.88. The van der Waals surface area contributed by atoms with Gasteiger partial charge in [-0.05, 0) is 37.6 Å². The third kappa shape index (κ3) is 5.51. The van der Waals surface area contributed by atoms with E-state index in [9.17, 15) is 8.42 Å². The molecular weight excluding hydrogens is 282 g/mol. The smallest absolute Gasteiger partial charge is 0.148 e. The Balaban J connectivity index is 2.65. The van der Waals surface area contributed by atoms with Crippen molar-refractivity contribution in [3.05, 3.63) is 34.9 Å². The molecule has 0 aliphatic rings. The van der Waals surface area contributed by atoms with Crippen molar-refractivity contribution >= 4 is 21.4 Å². The van der Waals surface area contributed by atoms with E-state index in [0.29, 0.717) is 12.5 Å². The van der Waals surface area contributed by atoms with Crippen molar-refractivity contribution in [1.82, 2.24) is 4.90 Å². The van der Waals surface area contributed by atoms with Crippen LogP contribution >= 0.6 is 11.6 Å². The Morgan fingerprint density at radius 1 is 1.21 bits per heavy atom. The summed E-state index contributed by atoms with van der Waals surface area (Å²) in [7, 11) is -0.947. The summed E-state index contributed by atoms with van der Waals surface area (Å²) in [5, 5.41) is 0.731. The molecule has 0 amide bonds. The highest BCUT2D eigenvalue weighted by Crippen LogP contribution is 2.23. The van der Waals surface area contributed by atoms with Crippen molar-refractivity contribution < 1.29 is 8.42 Å². The summed E-state index contributed by atoms with van der Waals surface area (Å²) in [4.78, 5) is 2.08. The summed E-state index contributed by atoms with van der Waals surface area (Å²) in [6, 6.07) is 8.08. The first kappa shape index (κ1) is 16.5. The van der Waals surface area contributed by atoms with E-state index >= 15 is 0 Å². The molecule has 0 bridgehead atoms. The van der Waals surface area contributed by atoms with Crippen LogP contribution in [0.4, 0.5) is 0 Å². The molecule has 0 radical (unpaired) electrons. The Bertz CT molecular complexity index is 499. The second-order valence-corrected chi connectivity index (χ2v) is 7.89. The maximum atomic E-state index is 11.2. The second-order valence-electron chi connectivity index (χ2n) is 5.19. The van der Waals surface area contributed by atoms with E-state index in [1.54, 1.807) is 0 Å². The quantitative estimate of drug-likeness (QED) is 0.811. The molecule has 0 aromatic heterocycles. The van der Waals surface area contributed by atoms with Gasteiger partial charge >= 0.3 is 0 Å². The molecule has 2 atom stereocenters. The van der Waals surface area contributed by atoms with Crippen molar-refractivity contribution in [3.63, 3.8) is 0 Å². The summed E-state index contributed by atoms with van der Waals surface area (Å²) in [5.41, 5.74) is 1.21. The Labute approximate surface area is 121 Å². The van der Waals surface area contributed by atoms with Gasteiger partial charge in [0.1, 0.15) is 9.84 Å². The molecule has 0 aliphatic carbocycles. The van der Waals surface area contributed by atoms with Crippen molar-refractivity contribution in [3.8, 4) is 0 Å². The van der Waals surface area contributed by atoms with Gasteiger partial charge in [-0.1, -0.05) is 30.7 Å². The van der Waals surface area contributed by atoms with Gasteiger partial charge in [0.25, 0.3) is 0 Å². The molecule has 0 unspecified atom stereocenters. The molecule has 19 heavy (non-hydrogen) atoms. The fraction of sp³-hybridized carbons (Fsp3) is 0.571. The van der Waals surface area contributed by atoms with E-state index in [2.05, 4.69) is 18.7 Å². The zero-order valence-corrected chi connectivity index (χ0v) is 13.5. The maximum Gasteiger partial charge on any atom is 0.148 e. The van der Waals surface area contributed by atoms with Crippen LogP contribution in [0.5, 0.6) is 0 Å². The SMILES string of the molecule is C[C@H](c1ccc(Cl)cc1)[C@@H](C)N(C)CCS(C)(=O)=O. The molecule has 0 heterocycles. The number of rotatable bonds is 6. The van der Waals surface area contributed by atoms with E-state index < -0.39 is 9.84 Å². The summed E-state index contributed by atoms with van der Waals surface area (Å²) < 4.78 is 22.4. The summed E-state index contributed by atoms with van der Waals surface area (Å²) in [5.74, 6) is 0.517. The van der Waals surface area contributed by atoms with Crippen LogP contribution in [0.1, 0.15) is 25.3 Å². The topological polar surface area (TPSA) is 37.4 Å². The average molecular weight is 304 g/mol. The molecule has 0 aliphatic heterocycles. The monoisotopic (exact) mass is 303 g/mol. The molecule has 1 aromatic carbocycles. The number of nitrogens with zero attached hydrogens (tertiary/aromatic N) is 1. The van der Waals surface area contributed by atoms with Crippen molar-refractivity contribution in [1.29, 1.82) is 0 Å². The standard InChI is InChI=1S/C14H22ClNO2S/c1-11(13-5-7-14(15)8-6-13)12(2)16(3)9-10-19(4,17)18/h5-8,11-12H,9-10H2,1-4H3/t11-,12+/m0/s1. The Kier molecular flexibility index (Phi) is 5.83. The molecule has 0 saturated carbocycles. The highest BCUT2D eigenvalue weighted by atomic mass is 35.5. The Hall–Kier alpha value is -0.580. The fourth-order valence-electron chi connectivity index (χ4n) is 1.94. The second kappa shape index (κ2) is 6.73. The van der Waals surface area contributed by atoms with Gasteiger partial charge < -0.3 is 4.90 Å². The van der Waals surface area contributed by atoms with Gasteiger partial charge in [0.05, 0.1) is 5.75 Å².